The fourth-order valence-electron chi connectivity index (χ4n) is 5.31. The third-order valence-corrected chi connectivity index (χ3v) is 7.27. The van der Waals surface area contributed by atoms with E-state index in [1.165, 1.54) is 25.7 Å². The topological polar surface area (TPSA) is 108 Å². The van der Waals surface area contributed by atoms with E-state index in [1.807, 2.05) is 48.5 Å². The average molecular weight is 523 g/mol. The second-order valence-corrected chi connectivity index (χ2v) is 10.1. The van der Waals surface area contributed by atoms with Crippen molar-refractivity contribution in [3.05, 3.63) is 77.9 Å². The molecule has 204 valence electrons. The number of hydrogen-bond acceptors (Lipinski definition) is 6. The molecule has 2 aromatic carbocycles. The zero-order valence-electron chi connectivity index (χ0n) is 21.8. The van der Waals surface area contributed by atoms with E-state index in [0.29, 0.717) is 18.2 Å². The van der Waals surface area contributed by atoms with Gasteiger partial charge in [-0.1, -0.05) is 55.3 Å². The van der Waals surface area contributed by atoms with Crippen molar-refractivity contribution in [3.63, 3.8) is 0 Å². The molecule has 1 saturated carbocycles. The lowest BCUT2D eigenvalue weighted by molar-refractivity contribution is -0.253. The van der Waals surface area contributed by atoms with Gasteiger partial charge in [-0.2, -0.15) is 0 Å². The van der Waals surface area contributed by atoms with Gasteiger partial charge >= 0.3 is 5.97 Å². The van der Waals surface area contributed by atoms with Gasteiger partial charge in [0.15, 0.2) is 6.29 Å². The van der Waals surface area contributed by atoms with Crippen LogP contribution in [0.2, 0.25) is 0 Å². The van der Waals surface area contributed by atoms with Gasteiger partial charge < -0.3 is 25.0 Å². The van der Waals surface area contributed by atoms with Crippen LogP contribution in [0.3, 0.4) is 0 Å². The molecule has 1 amide bonds. The Morgan fingerprint density at radius 3 is 2.50 bits per heavy atom. The van der Waals surface area contributed by atoms with Gasteiger partial charge in [0.2, 0.25) is 5.91 Å². The molecule has 2 aromatic rings. The summed E-state index contributed by atoms with van der Waals surface area (Å²) in [6.07, 6.45) is 6.30. The van der Waals surface area contributed by atoms with Crippen LogP contribution in [0.4, 0.5) is 5.69 Å². The van der Waals surface area contributed by atoms with Gasteiger partial charge in [-0.05, 0) is 36.1 Å². The molecule has 3 N–H and O–H groups in total. The maximum absolute atomic E-state index is 12.2. The van der Waals surface area contributed by atoms with Crippen LogP contribution in [-0.2, 0) is 25.7 Å². The van der Waals surface area contributed by atoms with Gasteiger partial charge in [0.05, 0.1) is 25.2 Å². The second kappa shape index (κ2) is 13.7. The first-order valence-electron chi connectivity index (χ1n) is 13.4. The smallest absolute Gasteiger partial charge is 0.303 e. The maximum Gasteiger partial charge on any atom is 0.303 e. The van der Waals surface area contributed by atoms with E-state index >= 15 is 0 Å². The lowest BCUT2D eigenvalue weighted by atomic mass is 9.99. The summed E-state index contributed by atoms with van der Waals surface area (Å²) in [5.41, 5.74) is 3.21. The van der Waals surface area contributed by atoms with Crippen molar-refractivity contribution >= 4 is 17.6 Å². The number of carboxylic acid groups (broad SMARTS) is 1. The van der Waals surface area contributed by atoms with Crippen molar-refractivity contribution in [2.45, 2.75) is 76.1 Å². The van der Waals surface area contributed by atoms with Crippen molar-refractivity contribution in [1.29, 1.82) is 0 Å². The van der Waals surface area contributed by atoms with Crippen LogP contribution in [-0.4, -0.2) is 52.2 Å². The Labute approximate surface area is 224 Å². The van der Waals surface area contributed by atoms with Crippen molar-refractivity contribution in [3.8, 4) is 0 Å². The highest BCUT2D eigenvalue weighted by atomic mass is 16.7. The number of benzene rings is 2. The first kappa shape index (κ1) is 28.0. The Morgan fingerprint density at radius 2 is 1.82 bits per heavy atom. The van der Waals surface area contributed by atoms with E-state index in [9.17, 15) is 14.7 Å². The summed E-state index contributed by atoms with van der Waals surface area (Å²) < 4.78 is 13.0. The lowest BCUT2D eigenvalue weighted by Gasteiger charge is -2.39. The molecule has 2 fully saturated rings. The molecule has 1 aliphatic heterocycles. The molecule has 4 rings (SSSR count). The Morgan fingerprint density at radius 1 is 1.05 bits per heavy atom. The fraction of sp³-hybridized carbons (Fsp3) is 0.467. The zero-order chi connectivity index (χ0) is 26.9. The first-order valence-corrected chi connectivity index (χ1v) is 13.4. The number of aliphatic carboxylic acids is 1. The molecule has 0 spiro atoms. The third-order valence-electron chi connectivity index (χ3n) is 7.27. The number of carbonyl (C=O) groups is 2. The van der Waals surface area contributed by atoms with Crippen molar-refractivity contribution in [1.82, 2.24) is 4.90 Å². The molecule has 0 unspecified atom stereocenters. The molecule has 0 radical (unpaired) electrons. The van der Waals surface area contributed by atoms with Crippen LogP contribution >= 0.6 is 0 Å². The quantitative estimate of drug-likeness (QED) is 0.338. The zero-order valence-corrected chi connectivity index (χ0v) is 21.8. The van der Waals surface area contributed by atoms with Gasteiger partial charge in [0.25, 0.3) is 0 Å². The number of aliphatic hydroxyl groups excluding tert-OH is 1. The Balaban J connectivity index is 1.53. The number of amides is 1. The molecule has 2 aliphatic rings. The molecule has 3 atom stereocenters. The molecular weight excluding hydrogens is 484 g/mol. The van der Waals surface area contributed by atoms with Crippen molar-refractivity contribution in [2.24, 2.45) is 0 Å². The van der Waals surface area contributed by atoms with E-state index in [4.69, 9.17) is 14.6 Å². The summed E-state index contributed by atoms with van der Waals surface area (Å²) in [5, 5.41) is 21.1. The fourth-order valence-corrected chi connectivity index (χ4v) is 5.31. The Hall–Kier alpha value is -3.04. The number of anilines is 1. The molecule has 38 heavy (non-hydrogen) atoms. The van der Waals surface area contributed by atoms with E-state index < -0.39 is 12.3 Å². The minimum Gasteiger partial charge on any atom is -0.481 e. The van der Waals surface area contributed by atoms with E-state index in [2.05, 4.69) is 16.8 Å². The monoisotopic (exact) mass is 522 g/mol. The van der Waals surface area contributed by atoms with Gasteiger partial charge in [-0.3, -0.25) is 14.5 Å². The number of ether oxygens (including phenoxy) is 2. The lowest BCUT2D eigenvalue weighted by Crippen LogP contribution is -2.43. The molecule has 1 saturated heterocycles. The number of carbonyl (C=O) groups excluding carboxylic acids is 1. The van der Waals surface area contributed by atoms with Crippen LogP contribution in [0.15, 0.2) is 61.2 Å². The second-order valence-electron chi connectivity index (χ2n) is 10.1. The summed E-state index contributed by atoms with van der Waals surface area (Å²) in [7, 11) is 0. The van der Waals surface area contributed by atoms with E-state index in [-0.39, 0.29) is 37.6 Å². The standard InChI is InChI=1S/C30H38N2O6/c1-2-16-32(25-8-3-4-9-25)19-26-18-27(22-12-10-21(20-33)11-13-22)38-30(37-26)23-6-5-7-24(17-23)31-28(34)14-15-29(35)36/h2,5-7,10-13,17,25-27,30,33H,1,3-4,8-9,14-16,18-20H2,(H,31,34)(H,35,36)/t26-,27+,30+/m1/s1. The normalized spacial score (nSPS) is 21.9. The summed E-state index contributed by atoms with van der Waals surface area (Å²) in [5.74, 6) is -1.36. The molecule has 0 bridgehead atoms. The van der Waals surface area contributed by atoms with Crippen LogP contribution in [0.25, 0.3) is 0 Å². The van der Waals surface area contributed by atoms with Crippen LogP contribution in [0.1, 0.15) is 74.0 Å². The van der Waals surface area contributed by atoms with Crippen molar-refractivity contribution in [2.75, 3.05) is 18.4 Å². The highest BCUT2D eigenvalue weighted by molar-refractivity contribution is 5.92. The minimum atomic E-state index is -1.01. The number of aliphatic hydroxyl groups is 1. The highest BCUT2D eigenvalue weighted by Crippen LogP contribution is 2.39. The predicted octanol–water partition coefficient (Wildman–Crippen LogP) is 4.96. The maximum atomic E-state index is 12.2. The van der Waals surface area contributed by atoms with E-state index in [0.717, 1.165) is 29.8 Å². The summed E-state index contributed by atoms with van der Waals surface area (Å²) >= 11 is 0. The van der Waals surface area contributed by atoms with Gasteiger partial charge in [0, 0.05) is 43.2 Å². The van der Waals surface area contributed by atoms with E-state index in [1.54, 1.807) is 6.07 Å². The third kappa shape index (κ3) is 7.74. The van der Waals surface area contributed by atoms with Gasteiger partial charge in [0.1, 0.15) is 0 Å². The summed E-state index contributed by atoms with van der Waals surface area (Å²) in [6.45, 7) is 5.54. The molecule has 1 heterocycles. The van der Waals surface area contributed by atoms with Crippen LogP contribution in [0, 0.1) is 0 Å². The first-order chi connectivity index (χ1) is 18.4. The summed E-state index contributed by atoms with van der Waals surface area (Å²) in [6, 6.07) is 15.7. The molecule has 1 aliphatic carbocycles. The van der Waals surface area contributed by atoms with Crippen LogP contribution < -0.4 is 5.32 Å². The Kier molecular flexibility index (Phi) is 10.1. The predicted molar refractivity (Wildman–Crippen MR) is 144 cm³/mol. The number of carboxylic acids is 1. The largest absolute Gasteiger partial charge is 0.481 e. The molecule has 0 aromatic heterocycles. The number of nitrogens with one attached hydrogen (secondary N) is 1. The van der Waals surface area contributed by atoms with Crippen LogP contribution in [0.5, 0.6) is 0 Å². The number of rotatable bonds is 12. The molecule has 8 heteroatoms. The number of nitrogens with zero attached hydrogens (tertiary/aromatic N) is 1. The van der Waals surface area contributed by atoms with Gasteiger partial charge in [-0.25, -0.2) is 0 Å². The SMILES string of the molecule is C=CCN(C[C@H]1C[C@@H](c2ccc(CO)cc2)O[C@@H](c2cccc(NC(=O)CCC(=O)O)c2)O1)C1CCCC1. The minimum absolute atomic E-state index is 0.0109. The summed E-state index contributed by atoms with van der Waals surface area (Å²) in [4.78, 5) is 25.5. The van der Waals surface area contributed by atoms with Crippen molar-refractivity contribution < 1.29 is 29.3 Å². The molecular formula is C30H38N2O6. The Bertz CT molecular complexity index is 1080. The number of hydrogen-bond donors (Lipinski definition) is 3. The highest BCUT2D eigenvalue weighted by Gasteiger charge is 2.34. The van der Waals surface area contributed by atoms with Gasteiger partial charge in [-0.15, -0.1) is 6.58 Å². The average Bonchev–Trinajstić information content (AvgIpc) is 3.47. The molecule has 8 nitrogen and oxygen atoms in total.